The van der Waals surface area contributed by atoms with E-state index in [0.29, 0.717) is 12.0 Å². The van der Waals surface area contributed by atoms with Crippen LogP contribution in [0.2, 0.25) is 0 Å². The van der Waals surface area contributed by atoms with E-state index in [9.17, 15) is 9.59 Å². The van der Waals surface area contributed by atoms with Gasteiger partial charge in [0.05, 0.1) is 11.9 Å². The largest absolute Gasteiger partial charge is 0.370 e. The number of aromatic amines is 1. The van der Waals surface area contributed by atoms with Crippen LogP contribution in [0.4, 0.5) is 5.82 Å². The van der Waals surface area contributed by atoms with Crippen molar-refractivity contribution in [3.63, 3.8) is 0 Å². The number of imidazole rings is 1. The van der Waals surface area contributed by atoms with Crippen LogP contribution in [0, 0.1) is 0 Å². The Labute approximate surface area is 224 Å². The maximum absolute atomic E-state index is 11.0. The van der Waals surface area contributed by atoms with Gasteiger partial charge in [-0.2, -0.15) is 0 Å². The van der Waals surface area contributed by atoms with Gasteiger partial charge in [-0.1, -0.05) is 49.2 Å². The molecule has 0 atom stereocenters. The number of nitrogens with two attached hydrogens (primary N) is 2. The van der Waals surface area contributed by atoms with Crippen LogP contribution < -0.4 is 16.8 Å². The number of fused-ring (bicyclic) bond motifs is 2. The number of benzene rings is 2. The van der Waals surface area contributed by atoms with Gasteiger partial charge in [-0.25, -0.2) is 9.97 Å². The van der Waals surface area contributed by atoms with E-state index in [1.165, 1.54) is 23.4 Å². The Morgan fingerprint density at radius 2 is 1.79 bits per heavy atom. The minimum absolute atomic E-state index is 0.373. The van der Waals surface area contributed by atoms with Gasteiger partial charge in [-0.3, -0.25) is 4.79 Å². The van der Waals surface area contributed by atoms with Gasteiger partial charge in [0.25, 0.3) is 0 Å². The van der Waals surface area contributed by atoms with E-state index in [0.717, 1.165) is 80.7 Å². The first-order chi connectivity index (χ1) is 18.7. The van der Waals surface area contributed by atoms with Crippen molar-refractivity contribution in [3.05, 3.63) is 77.9 Å². The molecular weight excluding hydrogens is 476 g/mol. The molecule has 5 rings (SSSR count). The minimum Gasteiger partial charge on any atom is -0.370 e. The molecule has 0 bridgehead atoms. The molecule has 1 aliphatic heterocycles. The number of primary amides is 1. The Morgan fingerprint density at radius 1 is 1.00 bits per heavy atom. The van der Waals surface area contributed by atoms with Crippen molar-refractivity contribution in [2.45, 2.75) is 51.4 Å². The van der Waals surface area contributed by atoms with E-state index >= 15 is 0 Å². The molecule has 0 saturated carbocycles. The van der Waals surface area contributed by atoms with Crippen molar-refractivity contribution in [1.29, 1.82) is 0 Å². The summed E-state index contributed by atoms with van der Waals surface area (Å²) in [6, 6.07) is 16.6. The maximum atomic E-state index is 11.0. The summed E-state index contributed by atoms with van der Waals surface area (Å²) in [5.74, 6) is 1.48. The highest BCUT2D eigenvalue weighted by atomic mass is 16.1. The van der Waals surface area contributed by atoms with E-state index in [4.69, 9.17) is 5.73 Å². The summed E-state index contributed by atoms with van der Waals surface area (Å²) in [6.07, 6.45) is 12.5. The van der Waals surface area contributed by atoms with E-state index in [2.05, 4.69) is 68.5 Å². The van der Waals surface area contributed by atoms with E-state index in [1.54, 1.807) is 12.3 Å². The number of anilines is 1. The first-order valence-corrected chi connectivity index (χ1v) is 13.2. The quantitative estimate of drug-likeness (QED) is 0.182. The zero-order valence-electron chi connectivity index (χ0n) is 22.1. The van der Waals surface area contributed by atoms with Gasteiger partial charge in [0, 0.05) is 42.3 Å². The van der Waals surface area contributed by atoms with Crippen LogP contribution >= 0.6 is 0 Å². The molecule has 2 aromatic carbocycles. The maximum Gasteiger partial charge on any atom is 0.249 e. The fourth-order valence-electron chi connectivity index (χ4n) is 4.47. The highest BCUT2D eigenvalue weighted by Gasteiger charge is 2.16. The summed E-state index contributed by atoms with van der Waals surface area (Å²) < 4.78 is 0. The zero-order chi connectivity index (χ0) is 27.2. The number of aryl methyl sites for hydroxylation is 1. The van der Waals surface area contributed by atoms with Crippen molar-refractivity contribution in [2.24, 2.45) is 11.5 Å². The number of unbranched alkanes of at least 4 members (excludes halogenated alkanes) is 4. The SMILES string of the molecule is CN.NC(=O)c1ccnc2c1CCCN2.O=CCCCCCCc1ncc(-c2ccc3ccccc3c2)[nH]1. The number of rotatable bonds is 9. The van der Waals surface area contributed by atoms with Gasteiger partial charge in [-0.05, 0) is 55.6 Å². The van der Waals surface area contributed by atoms with Gasteiger partial charge in [0.2, 0.25) is 5.91 Å². The van der Waals surface area contributed by atoms with Gasteiger partial charge < -0.3 is 26.6 Å². The smallest absolute Gasteiger partial charge is 0.249 e. The summed E-state index contributed by atoms with van der Waals surface area (Å²) in [6.45, 7) is 0.919. The molecule has 4 aromatic rings. The number of hydrogen-bond acceptors (Lipinski definition) is 6. The van der Waals surface area contributed by atoms with Crippen LogP contribution in [0.1, 0.15) is 60.3 Å². The molecule has 0 saturated heterocycles. The van der Waals surface area contributed by atoms with Crippen LogP contribution in [0.5, 0.6) is 0 Å². The summed E-state index contributed by atoms with van der Waals surface area (Å²) in [7, 11) is 1.50. The average molecular weight is 515 g/mol. The molecule has 2 aromatic heterocycles. The lowest BCUT2D eigenvalue weighted by molar-refractivity contribution is -0.107. The number of nitrogens with one attached hydrogen (secondary N) is 2. The number of pyridine rings is 1. The van der Waals surface area contributed by atoms with E-state index in [1.807, 2.05) is 6.20 Å². The lowest BCUT2D eigenvalue weighted by Crippen LogP contribution is -2.20. The van der Waals surface area contributed by atoms with Gasteiger partial charge in [0.1, 0.15) is 17.9 Å². The third kappa shape index (κ3) is 7.98. The molecule has 38 heavy (non-hydrogen) atoms. The monoisotopic (exact) mass is 514 g/mol. The van der Waals surface area contributed by atoms with Gasteiger partial charge >= 0.3 is 0 Å². The predicted molar refractivity (Wildman–Crippen MR) is 154 cm³/mol. The number of aldehydes is 1. The molecule has 0 aliphatic carbocycles. The molecule has 0 spiro atoms. The second kappa shape index (κ2) is 15.3. The fraction of sp³-hybridized carbons (Fsp3) is 0.333. The third-order valence-electron chi connectivity index (χ3n) is 6.39. The van der Waals surface area contributed by atoms with Crippen molar-refractivity contribution in [1.82, 2.24) is 15.0 Å². The molecule has 0 fully saturated rings. The second-order valence-corrected chi connectivity index (χ2v) is 9.01. The minimum atomic E-state index is -0.373. The van der Waals surface area contributed by atoms with Crippen LogP contribution in [0.3, 0.4) is 0 Å². The molecule has 0 unspecified atom stereocenters. The summed E-state index contributed by atoms with van der Waals surface area (Å²) in [4.78, 5) is 33.4. The van der Waals surface area contributed by atoms with Crippen LogP contribution in [0.15, 0.2) is 60.9 Å². The van der Waals surface area contributed by atoms with Crippen molar-refractivity contribution in [3.8, 4) is 11.3 Å². The van der Waals surface area contributed by atoms with Crippen molar-refractivity contribution in [2.75, 3.05) is 18.9 Å². The van der Waals surface area contributed by atoms with Crippen molar-refractivity contribution >= 4 is 28.8 Å². The van der Waals surface area contributed by atoms with Gasteiger partial charge in [0.15, 0.2) is 0 Å². The van der Waals surface area contributed by atoms with Crippen LogP contribution in [-0.2, 0) is 17.6 Å². The lowest BCUT2D eigenvalue weighted by Gasteiger charge is -2.18. The Bertz CT molecular complexity index is 1320. The molecule has 3 heterocycles. The first-order valence-electron chi connectivity index (χ1n) is 13.2. The highest BCUT2D eigenvalue weighted by Crippen LogP contribution is 2.24. The summed E-state index contributed by atoms with van der Waals surface area (Å²) >= 11 is 0. The number of aromatic nitrogens is 3. The molecule has 6 N–H and O–H groups in total. The Balaban J connectivity index is 0.000000225. The normalized spacial score (nSPS) is 11.7. The summed E-state index contributed by atoms with van der Waals surface area (Å²) in [5, 5.41) is 5.64. The number of carbonyl (C=O) groups excluding carboxylic acids is 2. The zero-order valence-corrected chi connectivity index (χ0v) is 22.1. The number of carbonyl (C=O) groups is 2. The third-order valence-corrected chi connectivity index (χ3v) is 6.39. The molecule has 1 amide bonds. The topological polar surface area (TPSA) is 140 Å². The van der Waals surface area contributed by atoms with Gasteiger partial charge in [-0.15, -0.1) is 0 Å². The second-order valence-electron chi connectivity index (χ2n) is 9.01. The van der Waals surface area contributed by atoms with E-state index in [-0.39, 0.29) is 5.91 Å². The first kappa shape index (κ1) is 28.5. The highest BCUT2D eigenvalue weighted by molar-refractivity contribution is 5.95. The predicted octanol–water partition coefficient (Wildman–Crippen LogP) is 5.04. The number of hydrogen-bond donors (Lipinski definition) is 4. The molecule has 8 heteroatoms. The van der Waals surface area contributed by atoms with E-state index < -0.39 is 0 Å². The lowest BCUT2D eigenvalue weighted by atomic mass is 10.0. The van der Waals surface area contributed by atoms with Crippen LogP contribution in [0.25, 0.3) is 22.0 Å². The molecule has 8 nitrogen and oxygen atoms in total. The number of H-pyrrole nitrogens is 1. The van der Waals surface area contributed by atoms with Crippen LogP contribution in [-0.4, -0.2) is 40.7 Å². The Hall–Kier alpha value is -4.04. The number of amides is 1. The summed E-state index contributed by atoms with van der Waals surface area (Å²) in [5.41, 5.74) is 13.5. The van der Waals surface area contributed by atoms with Crippen molar-refractivity contribution < 1.29 is 9.59 Å². The fourth-order valence-corrected chi connectivity index (χ4v) is 4.47. The molecule has 0 radical (unpaired) electrons. The Morgan fingerprint density at radius 3 is 2.58 bits per heavy atom. The molecular formula is C30H38N6O2. The standard InChI is InChI=1S/C20H22N2O.C9H11N3O.CH5N/c23-13-7-3-1-2-4-10-20-21-15-19(22-20)18-12-11-16-8-5-6-9-17(16)14-18;10-8(13)6-3-5-12-9-7(6)2-1-4-11-9;1-2/h5-6,8-9,11-15H,1-4,7,10H2,(H,21,22);3,5H,1-2,4H2,(H2,10,13)(H,11,12);2H2,1H3. The number of nitrogens with zero attached hydrogens (tertiary/aromatic N) is 2. The molecule has 1 aliphatic rings. The molecule has 200 valence electrons. The average Bonchev–Trinajstić information content (AvgIpc) is 3.45. The Kier molecular flexibility index (Phi) is 11.5.